The van der Waals surface area contributed by atoms with Crippen LogP contribution in [-0.2, 0) is 0 Å². The minimum absolute atomic E-state index is 0.0188. The maximum Gasteiger partial charge on any atom is 0.146 e. The van der Waals surface area contributed by atoms with Crippen LogP contribution in [0.3, 0.4) is 0 Å². The van der Waals surface area contributed by atoms with Gasteiger partial charge >= 0.3 is 0 Å². The van der Waals surface area contributed by atoms with Gasteiger partial charge in [0.2, 0.25) is 0 Å². The molecule has 0 amide bonds. The first kappa shape index (κ1) is 9.95. The number of hydrogen-bond donors (Lipinski definition) is 3. The molecule has 0 fully saturated rings. The van der Waals surface area contributed by atoms with Crippen molar-refractivity contribution in [2.24, 2.45) is 0 Å². The Balaban J connectivity index is 2.93. The van der Waals surface area contributed by atoms with E-state index in [0.717, 1.165) is 0 Å². The fourth-order valence-corrected chi connectivity index (χ4v) is 1.15. The highest BCUT2D eigenvalue weighted by atomic mass is 19.1. The Labute approximate surface area is 76.4 Å². The van der Waals surface area contributed by atoms with Crippen LogP contribution in [0.5, 0.6) is 0 Å². The molecule has 3 nitrogen and oxygen atoms in total. The van der Waals surface area contributed by atoms with E-state index in [0.29, 0.717) is 12.1 Å². The fourth-order valence-electron chi connectivity index (χ4n) is 1.15. The number of benzene rings is 1. The molecule has 1 aromatic rings. The average molecular weight is 184 g/mol. The van der Waals surface area contributed by atoms with Crippen molar-refractivity contribution in [1.29, 1.82) is 0 Å². The highest BCUT2D eigenvalue weighted by Crippen LogP contribution is 2.22. The summed E-state index contributed by atoms with van der Waals surface area (Å²) in [5.74, 6) is -0.493. The number of rotatable bonds is 3. The van der Waals surface area contributed by atoms with Crippen LogP contribution in [0.1, 0.15) is 11.7 Å². The lowest BCUT2D eigenvalue weighted by molar-refractivity contribution is 0.178. The monoisotopic (exact) mass is 184 g/mol. The van der Waals surface area contributed by atoms with Gasteiger partial charge in [-0.1, -0.05) is 12.1 Å². The number of anilines is 1. The van der Waals surface area contributed by atoms with Gasteiger partial charge in [-0.25, -0.2) is 4.39 Å². The highest BCUT2D eigenvalue weighted by Gasteiger charge is 2.11. The van der Waals surface area contributed by atoms with Crippen molar-refractivity contribution in [3.8, 4) is 0 Å². The molecule has 0 aromatic heterocycles. The number of aliphatic hydroxyl groups excluding tert-OH is 1. The van der Waals surface area contributed by atoms with Crippen LogP contribution in [0.2, 0.25) is 0 Å². The molecule has 0 spiro atoms. The molecule has 4 N–H and O–H groups in total. The predicted octanol–water partition coefficient (Wildman–Crippen LogP) is 0.661. The second kappa shape index (κ2) is 4.20. The van der Waals surface area contributed by atoms with Crippen molar-refractivity contribution in [3.05, 3.63) is 29.6 Å². The third-order valence-electron chi connectivity index (χ3n) is 1.84. The van der Waals surface area contributed by atoms with E-state index in [9.17, 15) is 9.50 Å². The molecule has 0 aliphatic rings. The molecular formula is C9H13FN2O. The van der Waals surface area contributed by atoms with Crippen molar-refractivity contribution < 1.29 is 9.50 Å². The second-order valence-electron chi connectivity index (χ2n) is 2.82. The van der Waals surface area contributed by atoms with E-state index < -0.39 is 11.9 Å². The van der Waals surface area contributed by atoms with Crippen molar-refractivity contribution in [3.63, 3.8) is 0 Å². The molecule has 4 heteroatoms. The Morgan fingerprint density at radius 1 is 1.62 bits per heavy atom. The zero-order chi connectivity index (χ0) is 9.84. The molecule has 0 heterocycles. The van der Waals surface area contributed by atoms with Gasteiger partial charge in [-0.05, 0) is 13.1 Å². The maximum atomic E-state index is 12.9. The molecule has 13 heavy (non-hydrogen) atoms. The maximum absolute atomic E-state index is 12.9. The normalized spacial score (nSPS) is 12.8. The van der Waals surface area contributed by atoms with E-state index in [4.69, 9.17) is 5.73 Å². The molecule has 1 atom stereocenters. The molecule has 0 aliphatic carbocycles. The van der Waals surface area contributed by atoms with Gasteiger partial charge < -0.3 is 16.2 Å². The van der Waals surface area contributed by atoms with Crippen molar-refractivity contribution in [2.45, 2.75) is 6.10 Å². The summed E-state index contributed by atoms with van der Waals surface area (Å²) in [6.07, 6.45) is -0.763. The van der Waals surface area contributed by atoms with Gasteiger partial charge in [0.25, 0.3) is 0 Å². The molecule has 1 aromatic carbocycles. The van der Waals surface area contributed by atoms with Crippen LogP contribution in [0.15, 0.2) is 18.2 Å². The minimum Gasteiger partial charge on any atom is -0.396 e. The van der Waals surface area contributed by atoms with Crippen LogP contribution in [0.25, 0.3) is 0 Å². The number of hydrogen-bond acceptors (Lipinski definition) is 3. The molecule has 1 unspecified atom stereocenters. The van der Waals surface area contributed by atoms with E-state index in [-0.39, 0.29) is 5.69 Å². The second-order valence-corrected chi connectivity index (χ2v) is 2.82. The molecule has 0 aliphatic heterocycles. The van der Waals surface area contributed by atoms with Crippen LogP contribution < -0.4 is 11.1 Å². The molecule has 0 radical (unpaired) electrons. The Morgan fingerprint density at radius 3 is 2.92 bits per heavy atom. The first-order chi connectivity index (χ1) is 6.16. The van der Waals surface area contributed by atoms with Gasteiger partial charge in [0.05, 0.1) is 11.8 Å². The molecular weight excluding hydrogens is 171 g/mol. The summed E-state index contributed by atoms with van der Waals surface area (Å²) in [7, 11) is 1.71. The van der Waals surface area contributed by atoms with Gasteiger partial charge in [-0.15, -0.1) is 0 Å². The van der Waals surface area contributed by atoms with Crippen molar-refractivity contribution >= 4 is 5.69 Å². The van der Waals surface area contributed by atoms with Crippen molar-refractivity contribution in [2.75, 3.05) is 19.3 Å². The van der Waals surface area contributed by atoms with E-state index in [1.807, 2.05) is 0 Å². The topological polar surface area (TPSA) is 58.3 Å². The number of nitrogen functional groups attached to an aromatic ring is 1. The lowest BCUT2D eigenvalue weighted by Crippen LogP contribution is -2.18. The lowest BCUT2D eigenvalue weighted by atomic mass is 10.1. The summed E-state index contributed by atoms with van der Waals surface area (Å²) >= 11 is 0. The van der Waals surface area contributed by atoms with Crippen LogP contribution in [0, 0.1) is 5.82 Å². The SMILES string of the molecule is CNCC(O)c1cccc(F)c1N. The summed E-state index contributed by atoms with van der Waals surface area (Å²) < 4.78 is 12.9. The number of likely N-dealkylation sites (N-methyl/N-ethyl adjacent to an activating group) is 1. The van der Waals surface area contributed by atoms with Crippen LogP contribution in [-0.4, -0.2) is 18.7 Å². The number of para-hydroxylation sites is 1. The van der Waals surface area contributed by atoms with Gasteiger partial charge in [-0.3, -0.25) is 0 Å². The van der Waals surface area contributed by atoms with Gasteiger partial charge in [0.1, 0.15) is 5.82 Å². The third-order valence-corrected chi connectivity index (χ3v) is 1.84. The fraction of sp³-hybridized carbons (Fsp3) is 0.333. The standard InChI is InChI=1S/C9H13FN2O/c1-12-5-8(13)6-3-2-4-7(10)9(6)11/h2-4,8,12-13H,5,11H2,1H3. The quantitative estimate of drug-likeness (QED) is 0.605. The van der Waals surface area contributed by atoms with E-state index in [1.165, 1.54) is 12.1 Å². The molecule has 72 valence electrons. The average Bonchev–Trinajstić information content (AvgIpc) is 2.10. The largest absolute Gasteiger partial charge is 0.396 e. The van der Waals surface area contributed by atoms with Crippen molar-refractivity contribution in [1.82, 2.24) is 5.32 Å². The number of aliphatic hydroxyl groups is 1. The Morgan fingerprint density at radius 2 is 2.31 bits per heavy atom. The van der Waals surface area contributed by atoms with Gasteiger partial charge in [-0.2, -0.15) is 0 Å². The minimum atomic E-state index is -0.763. The number of halogens is 1. The predicted molar refractivity (Wildman–Crippen MR) is 49.7 cm³/mol. The smallest absolute Gasteiger partial charge is 0.146 e. The molecule has 0 saturated heterocycles. The number of nitrogens with one attached hydrogen (secondary N) is 1. The summed E-state index contributed by atoms with van der Waals surface area (Å²) in [6, 6.07) is 4.41. The molecule has 1 rings (SSSR count). The highest BCUT2D eigenvalue weighted by molar-refractivity contribution is 5.49. The van der Waals surface area contributed by atoms with Gasteiger partial charge in [0, 0.05) is 12.1 Å². The first-order valence-electron chi connectivity index (χ1n) is 4.03. The zero-order valence-corrected chi connectivity index (χ0v) is 7.42. The summed E-state index contributed by atoms with van der Waals surface area (Å²) in [6.45, 7) is 0.355. The Kier molecular flexibility index (Phi) is 3.22. The summed E-state index contributed by atoms with van der Waals surface area (Å²) in [4.78, 5) is 0. The van der Waals surface area contributed by atoms with E-state index in [1.54, 1.807) is 13.1 Å². The Hall–Kier alpha value is -1.13. The van der Waals surface area contributed by atoms with Crippen LogP contribution in [0.4, 0.5) is 10.1 Å². The first-order valence-corrected chi connectivity index (χ1v) is 4.03. The third kappa shape index (κ3) is 2.17. The van der Waals surface area contributed by atoms with E-state index >= 15 is 0 Å². The Bertz CT molecular complexity index is 291. The lowest BCUT2D eigenvalue weighted by Gasteiger charge is -2.12. The van der Waals surface area contributed by atoms with E-state index in [2.05, 4.69) is 5.32 Å². The number of nitrogens with two attached hydrogens (primary N) is 1. The molecule has 0 bridgehead atoms. The summed E-state index contributed by atoms with van der Waals surface area (Å²) in [5, 5.41) is 12.3. The molecule has 0 saturated carbocycles. The summed E-state index contributed by atoms with van der Waals surface area (Å²) in [5.41, 5.74) is 5.90. The zero-order valence-electron chi connectivity index (χ0n) is 7.42. The van der Waals surface area contributed by atoms with Gasteiger partial charge in [0.15, 0.2) is 0 Å². The van der Waals surface area contributed by atoms with Crippen LogP contribution >= 0.6 is 0 Å².